The maximum atomic E-state index is 13.6. The minimum atomic E-state index is -1.23. The Morgan fingerprint density at radius 2 is 1.00 bits per heavy atom. The van der Waals surface area contributed by atoms with E-state index < -0.39 is 58.4 Å². The maximum absolute atomic E-state index is 13.6. The molecule has 0 aromatic carbocycles. The van der Waals surface area contributed by atoms with Crippen molar-refractivity contribution in [2.45, 2.75) is 135 Å². The second-order valence-corrected chi connectivity index (χ2v) is 13.4. The highest BCUT2D eigenvalue weighted by Gasteiger charge is 2.40. The Kier molecular flexibility index (Phi) is 12.9. The van der Waals surface area contributed by atoms with Crippen LogP contribution in [0.25, 0.3) is 20.9 Å². The number of azide groups is 2. The lowest BCUT2D eigenvalue weighted by Crippen LogP contribution is -2.54. The quantitative estimate of drug-likeness (QED) is 0.101. The lowest BCUT2D eigenvalue weighted by molar-refractivity contribution is -0.155. The number of esters is 3. The smallest absolute Gasteiger partial charge is 0.317 e. The summed E-state index contributed by atoms with van der Waals surface area (Å²) in [5.41, 5.74) is 14.4. The fourth-order valence-electron chi connectivity index (χ4n) is 4.36. The van der Waals surface area contributed by atoms with Gasteiger partial charge in [-0.25, -0.2) is 4.79 Å². The van der Waals surface area contributed by atoms with Crippen molar-refractivity contribution in [3.63, 3.8) is 0 Å². The third-order valence-electron chi connectivity index (χ3n) is 6.00. The summed E-state index contributed by atoms with van der Waals surface area (Å²) in [6.07, 6.45) is -0.180. The molecule has 15 nitrogen and oxygen atoms in total. The molecule has 2 atom stereocenters. The van der Waals surface area contributed by atoms with E-state index in [1.54, 1.807) is 62.3 Å². The molecule has 15 heteroatoms. The summed E-state index contributed by atoms with van der Waals surface area (Å²) in [6, 6.07) is -2.13. The molecule has 1 saturated heterocycles. The molecule has 42 heavy (non-hydrogen) atoms. The van der Waals surface area contributed by atoms with Crippen molar-refractivity contribution in [1.82, 2.24) is 10.2 Å². The molecule has 1 N–H and O–H groups in total. The Bertz CT molecular complexity index is 973. The van der Waals surface area contributed by atoms with Crippen LogP contribution in [0.1, 0.15) is 101 Å². The molecule has 2 amide bonds. The second-order valence-electron chi connectivity index (χ2n) is 13.4. The molecule has 0 aliphatic carbocycles. The van der Waals surface area contributed by atoms with Crippen LogP contribution >= 0.6 is 0 Å². The van der Waals surface area contributed by atoms with Gasteiger partial charge in [-0.2, -0.15) is 0 Å². The van der Waals surface area contributed by atoms with Crippen LogP contribution in [0.5, 0.6) is 0 Å². The monoisotopic (exact) mass is 594 g/mol. The highest BCUT2D eigenvalue weighted by atomic mass is 16.6. The number of rotatable bonds is 12. The Hall–Kier alpha value is -3.70. The van der Waals surface area contributed by atoms with Gasteiger partial charge in [0.25, 0.3) is 0 Å². The molecule has 0 radical (unpaired) electrons. The summed E-state index contributed by atoms with van der Waals surface area (Å²) in [5, 5.41) is 10.2. The summed E-state index contributed by atoms with van der Waals surface area (Å²) in [5.74, 6) is -1.53. The predicted octanol–water partition coefficient (Wildman–Crippen LogP) is 5.47. The highest BCUT2D eigenvalue weighted by Crippen LogP contribution is 2.29. The lowest BCUT2D eigenvalue weighted by atomic mass is 9.83. The third-order valence-corrected chi connectivity index (χ3v) is 6.00. The first-order valence-electron chi connectivity index (χ1n) is 14.0. The molecule has 1 fully saturated rings. The van der Waals surface area contributed by atoms with Gasteiger partial charge in [0.2, 0.25) is 0 Å². The number of ether oxygens (including phenoxy) is 3. The zero-order chi connectivity index (χ0) is 32.4. The third kappa shape index (κ3) is 14.3. The summed E-state index contributed by atoms with van der Waals surface area (Å²) in [6.45, 7) is 15.6. The van der Waals surface area contributed by atoms with E-state index in [-0.39, 0.29) is 51.6 Å². The number of hydrogen-bond donors (Lipinski definition) is 1. The largest absolute Gasteiger partial charge is 0.460 e. The molecule has 0 saturated carbocycles. The van der Waals surface area contributed by atoms with E-state index in [4.69, 9.17) is 25.3 Å². The van der Waals surface area contributed by atoms with Crippen LogP contribution in [0.4, 0.5) is 4.79 Å². The van der Waals surface area contributed by atoms with Crippen molar-refractivity contribution in [3.05, 3.63) is 20.9 Å². The van der Waals surface area contributed by atoms with E-state index in [0.717, 1.165) is 0 Å². The SMILES string of the molecule is CC(C)(C)OC(=O)CCC(CCC(=O)OC(C)(C)C)(CCC(=O)OC(C)(C)C)NC(=O)N1CC(N=[N+]=[N-])C(N=[N+]=[N-])C1. The van der Waals surface area contributed by atoms with E-state index in [2.05, 4.69) is 25.4 Å². The van der Waals surface area contributed by atoms with Crippen LogP contribution < -0.4 is 5.32 Å². The molecule has 1 rings (SSSR count). The van der Waals surface area contributed by atoms with E-state index in [0.29, 0.717) is 0 Å². The molecule has 1 heterocycles. The first-order chi connectivity index (χ1) is 19.2. The van der Waals surface area contributed by atoms with E-state index in [9.17, 15) is 19.2 Å². The number of nitrogens with one attached hydrogen (secondary N) is 1. The molecular weight excluding hydrogens is 548 g/mol. The maximum Gasteiger partial charge on any atom is 0.317 e. The van der Waals surface area contributed by atoms with Crippen LogP contribution in [-0.4, -0.2) is 76.4 Å². The summed E-state index contributed by atoms with van der Waals surface area (Å²) in [7, 11) is 0. The fraction of sp³-hybridized carbons (Fsp3) is 0.852. The minimum absolute atomic E-state index is 0.0140. The van der Waals surface area contributed by atoms with Gasteiger partial charge in [0.05, 0.1) is 12.1 Å². The number of carbonyl (C=O) groups is 4. The van der Waals surface area contributed by atoms with Crippen molar-refractivity contribution >= 4 is 23.9 Å². The second kappa shape index (κ2) is 15.0. The van der Waals surface area contributed by atoms with Crippen LogP contribution in [0, 0.1) is 0 Å². The zero-order valence-electron chi connectivity index (χ0n) is 26.3. The van der Waals surface area contributed by atoms with Crippen molar-refractivity contribution < 1.29 is 33.4 Å². The number of hydrogen-bond acceptors (Lipinski definition) is 9. The van der Waals surface area contributed by atoms with Gasteiger partial charge >= 0.3 is 23.9 Å². The molecule has 1 aliphatic heterocycles. The van der Waals surface area contributed by atoms with Gasteiger partial charge in [-0.3, -0.25) is 14.4 Å². The van der Waals surface area contributed by atoms with E-state index in [1.807, 2.05) is 0 Å². The van der Waals surface area contributed by atoms with E-state index >= 15 is 0 Å². The minimum Gasteiger partial charge on any atom is -0.460 e. The summed E-state index contributed by atoms with van der Waals surface area (Å²) in [4.78, 5) is 58.6. The molecule has 1 aliphatic rings. The number of urea groups is 1. The van der Waals surface area contributed by atoms with Crippen molar-refractivity contribution in [1.29, 1.82) is 0 Å². The van der Waals surface area contributed by atoms with Gasteiger partial charge in [-0.15, -0.1) is 0 Å². The van der Waals surface area contributed by atoms with Gasteiger partial charge in [-0.05, 0) is 92.6 Å². The van der Waals surface area contributed by atoms with Crippen LogP contribution in [-0.2, 0) is 28.6 Å². The first kappa shape index (κ1) is 36.3. The molecule has 0 spiro atoms. The number of amides is 2. The molecule has 0 bridgehead atoms. The lowest BCUT2D eigenvalue weighted by Gasteiger charge is -2.37. The van der Waals surface area contributed by atoms with Gasteiger partial charge in [0.1, 0.15) is 16.8 Å². The number of nitrogens with zero attached hydrogens (tertiary/aromatic N) is 7. The standard InChI is InChI=1S/C27H46N8O7/c1-24(2,3)40-20(36)10-13-27(14-11-21(37)41-25(4,5)6,15-12-22(38)42-26(7,8)9)30-23(39)35-16-18(31-33-28)19(17-35)32-34-29/h18-19H,10-17H2,1-9H3,(H,30,39). The van der Waals surface area contributed by atoms with Crippen LogP contribution in [0.2, 0.25) is 0 Å². The number of likely N-dealkylation sites (tertiary alicyclic amines) is 1. The highest BCUT2D eigenvalue weighted by molar-refractivity contribution is 5.77. The predicted molar refractivity (Wildman–Crippen MR) is 154 cm³/mol. The van der Waals surface area contributed by atoms with Crippen molar-refractivity contribution in [2.24, 2.45) is 10.2 Å². The first-order valence-corrected chi connectivity index (χ1v) is 14.0. The van der Waals surface area contributed by atoms with Crippen LogP contribution in [0.15, 0.2) is 10.2 Å². The average molecular weight is 595 g/mol. The zero-order valence-corrected chi connectivity index (χ0v) is 26.3. The molecule has 0 aromatic heterocycles. The van der Waals surface area contributed by atoms with Gasteiger partial charge < -0.3 is 24.4 Å². The Morgan fingerprint density at radius 1 is 0.690 bits per heavy atom. The Morgan fingerprint density at radius 3 is 1.26 bits per heavy atom. The van der Waals surface area contributed by atoms with Gasteiger partial charge in [0, 0.05) is 47.7 Å². The summed E-state index contributed by atoms with van der Waals surface area (Å²) >= 11 is 0. The molecule has 2 unspecified atom stereocenters. The van der Waals surface area contributed by atoms with Crippen molar-refractivity contribution in [3.8, 4) is 0 Å². The molecular formula is C27H46N8O7. The van der Waals surface area contributed by atoms with Crippen molar-refractivity contribution in [2.75, 3.05) is 13.1 Å². The molecule has 0 aromatic rings. The number of carbonyl (C=O) groups excluding carboxylic acids is 4. The Labute approximate surface area is 247 Å². The topological polar surface area (TPSA) is 209 Å². The summed E-state index contributed by atoms with van der Waals surface area (Å²) < 4.78 is 16.4. The normalized spacial score (nSPS) is 17.4. The average Bonchev–Trinajstić information content (AvgIpc) is 3.20. The van der Waals surface area contributed by atoms with Gasteiger partial charge in [-0.1, -0.05) is 10.2 Å². The van der Waals surface area contributed by atoms with Crippen LogP contribution in [0.3, 0.4) is 0 Å². The fourth-order valence-corrected chi connectivity index (χ4v) is 4.36. The van der Waals surface area contributed by atoms with E-state index in [1.165, 1.54) is 4.90 Å². The molecule has 236 valence electrons. The Balaban J connectivity index is 3.36. The van der Waals surface area contributed by atoms with Gasteiger partial charge in [0.15, 0.2) is 0 Å².